The van der Waals surface area contributed by atoms with Gasteiger partial charge < -0.3 is 15.0 Å². The molecule has 0 bridgehead atoms. The van der Waals surface area contributed by atoms with Crippen LogP contribution in [-0.4, -0.2) is 27.1 Å². The summed E-state index contributed by atoms with van der Waals surface area (Å²) < 4.78 is 2.05. The highest BCUT2D eigenvalue weighted by atomic mass is 16.4. The number of hydrogen-bond acceptors (Lipinski definition) is 2. The fourth-order valence-corrected chi connectivity index (χ4v) is 3.57. The largest absolute Gasteiger partial charge is 0.480 e. The van der Waals surface area contributed by atoms with Crippen molar-refractivity contribution >= 4 is 22.8 Å². The predicted octanol–water partition coefficient (Wildman–Crippen LogP) is 2.62. The van der Waals surface area contributed by atoms with Crippen molar-refractivity contribution < 1.29 is 14.7 Å². The molecule has 1 aliphatic rings. The highest BCUT2D eigenvalue weighted by Gasteiger charge is 2.42. The van der Waals surface area contributed by atoms with Crippen LogP contribution in [0.15, 0.2) is 30.5 Å². The molecule has 0 spiro atoms. The Morgan fingerprint density at radius 1 is 1.26 bits per heavy atom. The maximum Gasteiger partial charge on any atom is 0.329 e. The number of aryl methyl sites for hydroxylation is 2. The molecule has 5 heteroatoms. The number of benzene rings is 1. The van der Waals surface area contributed by atoms with Crippen molar-refractivity contribution in [2.45, 2.75) is 44.1 Å². The van der Waals surface area contributed by atoms with Crippen LogP contribution in [0.25, 0.3) is 10.9 Å². The van der Waals surface area contributed by atoms with E-state index in [9.17, 15) is 14.7 Å². The Bertz CT molecular complexity index is 742. The van der Waals surface area contributed by atoms with Crippen LogP contribution in [-0.2, 0) is 23.1 Å². The standard InChI is InChI=1S/C18H22N2O3/c1-20-12-13(14-6-2-3-7-15(14)20)8-9-16(21)19-18(17(22)23)10-4-5-11-18/h2-3,6-7,12H,4-5,8-11H2,1H3,(H,19,21)(H,22,23). The van der Waals surface area contributed by atoms with E-state index in [1.165, 1.54) is 0 Å². The summed E-state index contributed by atoms with van der Waals surface area (Å²) in [6.07, 6.45) is 5.74. The van der Waals surface area contributed by atoms with Gasteiger partial charge in [-0.05, 0) is 30.9 Å². The van der Waals surface area contributed by atoms with Gasteiger partial charge in [0.15, 0.2) is 0 Å². The van der Waals surface area contributed by atoms with Gasteiger partial charge in [0.05, 0.1) is 0 Å². The monoisotopic (exact) mass is 314 g/mol. The second kappa shape index (κ2) is 6.07. The summed E-state index contributed by atoms with van der Waals surface area (Å²) in [5.74, 6) is -1.09. The number of fused-ring (bicyclic) bond motifs is 1. The second-order valence-corrected chi connectivity index (χ2v) is 6.42. The first-order chi connectivity index (χ1) is 11.0. The molecule has 1 aromatic heterocycles. The van der Waals surface area contributed by atoms with Crippen molar-refractivity contribution in [2.75, 3.05) is 0 Å². The van der Waals surface area contributed by atoms with Crippen LogP contribution in [0.5, 0.6) is 0 Å². The topological polar surface area (TPSA) is 71.3 Å². The number of hydrogen-bond donors (Lipinski definition) is 2. The first-order valence-corrected chi connectivity index (χ1v) is 8.09. The molecule has 122 valence electrons. The number of nitrogens with zero attached hydrogens (tertiary/aromatic N) is 1. The van der Waals surface area contributed by atoms with E-state index in [0.29, 0.717) is 25.7 Å². The lowest BCUT2D eigenvalue weighted by atomic mass is 9.97. The van der Waals surface area contributed by atoms with Gasteiger partial charge in [-0.25, -0.2) is 4.79 Å². The van der Waals surface area contributed by atoms with E-state index in [4.69, 9.17) is 0 Å². The number of rotatable bonds is 5. The number of amides is 1. The average molecular weight is 314 g/mol. The Labute approximate surface area is 135 Å². The molecule has 2 N–H and O–H groups in total. The number of nitrogens with one attached hydrogen (secondary N) is 1. The van der Waals surface area contributed by atoms with E-state index in [0.717, 1.165) is 29.3 Å². The van der Waals surface area contributed by atoms with Crippen molar-refractivity contribution in [3.8, 4) is 0 Å². The normalized spacial score (nSPS) is 16.6. The van der Waals surface area contributed by atoms with E-state index in [1.54, 1.807) is 0 Å². The molecule has 0 saturated heterocycles. The third kappa shape index (κ3) is 2.96. The highest BCUT2D eigenvalue weighted by Crippen LogP contribution is 2.30. The Morgan fingerprint density at radius 3 is 2.65 bits per heavy atom. The number of aromatic nitrogens is 1. The molecule has 2 aromatic rings. The van der Waals surface area contributed by atoms with Crippen molar-refractivity contribution in [3.63, 3.8) is 0 Å². The lowest BCUT2D eigenvalue weighted by Gasteiger charge is -2.25. The summed E-state index contributed by atoms with van der Waals surface area (Å²) >= 11 is 0. The van der Waals surface area contributed by atoms with Crippen molar-refractivity contribution in [3.05, 3.63) is 36.0 Å². The van der Waals surface area contributed by atoms with E-state index in [-0.39, 0.29) is 5.91 Å². The van der Waals surface area contributed by atoms with Crippen LogP contribution in [0.1, 0.15) is 37.7 Å². The number of carbonyl (C=O) groups is 2. The van der Waals surface area contributed by atoms with E-state index in [1.807, 2.05) is 25.4 Å². The zero-order chi connectivity index (χ0) is 16.4. The Kier molecular flexibility index (Phi) is 4.11. The van der Waals surface area contributed by atoms with Crippen LogP contribution in [0, 0.1) is 0 Å². The average Bonchev–Trinajstić information content (AvgIpc) is 3.12. The molecule has 1 saturated carbocycles. The molecular weight excluding hydrogens is 292 g/mol. The minimum Gasteiger partial charge on any atom is -0.480 e. The number of carbonyl (C=O) groups excluding carboxylic acids is 1. The summed E-state index contributed by atoms with van der Waals surface area (Å²) in [6.45, 7) is 0. The third-order valence-corrected chi connectivity index (χ3v) is 4.85. The minimum atomic E-state index is -1.05. The highest BCUT2D eigenvalue weighted by molar-refractivity contribution is 5.88. The summed E-state index contributed by atoms with van der Waals surface area (Å²) in [6, 6.07) is 8.09. The van der Waals surface area contributed by atoms with E-state index in [2.05, 4.69) is 22.0 Å². The molecule has 0 radical (unpaired) electrons. The van der Waals surface area contributed by atoms with Gasteiger partial charge in [0.25, 0.3) is 0 Å². The first-order valence-electron chi connectivity index (χ1n) is 8.09. The number of aliphatic carboxylic acids is 1. The van der Waals surface area contributed by atoms with Crippen LogP contribution >= 0.6 is 0 Å². The van der Waals surface area contributed by atoms with Crippen molar-refractivity contribution in [1.29, 1.82) is 0 Å². The fraction of sp³-hybridized carbons (Fsp3) is 0.444. The molecule has 3 rings (SSSR count). The Balaban J connectivity index is 1.68. The summed E-state index contributed by atoms with van der Waals surface area (Å²) in [5.41, 5.74) is 1.21. The summed E-state index contributed by atoms with van der Waals surface area (Å²) in [4.78, 5) is 23.7. The van der Waals surface area contributed by atoms with E-state index >= 15 is 0 Å². The molecule has 1 amide bonds. The quantitative estimate of drug-likeness (QED) is 0.891. The van der Waals surface area contributed by atoms with Gasteiger partial charge in [0, 0.05) is 30.6 Å². The van der Waals surface area contributed by atoms with Crippen LogP contribution < -0.4 is 5.32 Å². The molecule has 0 atom stereocenters. The SMILES string of the molecule is Cn1cc(CCC(=O)NC2(C(=O)O)CCCC2)c2ccccc21. The van der Waals surface area contributed by atoms with Crippen LogP contribution in [0.3, 0.4) is 0 Å². The lowest BCUT2D eigenvalue weighted by molar-refractivity contribution is -0.147. The number of carboxylic acids is 1. The smallest absolute Gasteiger partial charge is 0.329 e. The zero-order valence-corrected chi connectivity index (χ0v) is 13.3. The molecule has 5 nitrogen and oxygen atoms in total. The Hall–Kier alpha value is -2.30. The number of carboxylic acid groups (broad SMARTS) is 1. The Morgan fingerprint density at radius 2 is 1.96 bits per heavy atom. The molecule has 1 heterocycles. The van der Waals surface area contributed by atoms with Gasteiger partial charge in [-0.2, -0.15) is 0 Å². The molecule has 1 aromatic carbocycles. The predicted molar refractivity (Wildman–Crippen MR) is 88.2 cm³/mol. The van der Waals surface area contributed by atoms with E-state index < -0.39 is 11.5 Å². The van der Waals surface area contributed by atoms with Crippen LogP contribution in [0.2, 0.25) is 0 Å². The summed E-state index contributed by atoms with van der Waals surface area (Å²) in [5, 5.41) is 13.3. The minimum absolute atomic E-state index is 0.178. The molecule has 0 aliphatic heterocycles. The summed E-state index contributed by atoms with van der Waals surface area (Å²) in [7, 11) is 1.99. The molecule has 23 heavy (non-hydrogen) atoms. The molecule has 1 aliphatic carbocycles. The van der Waals surface area contributed by atoms with Gasteiger partial charge in [-0.15, -0.1) is 0 Å². The van der Waals surface area contributed by atoms with Crippen molar-refractivity contribution in [1.82, 2.24) is 9.88 Å². The zero-order valence-electron chi connectivity index (χ0n) is 13.3. The van der Waals surface area contributed by atoms with Gasteiger partial charge >= 0.3 is 5.97 Å². The lowest BCUT2D eigenvalue weighted by Crippen LogP contribution is -2.52. The van der Waals surface area contributed by atoms with Gasteiger partial charge in [0.1, 0.15) is 5.54 Å². The molecular formula is C18H22N2O3. The molecule has 1 fully saturated rings. The first kappa shape index (κ1) is 15.6. The fourth-order valence-electron chi connectivity index (χ4n) is 3.57. The van der Waals surface area contributed by atoms with Crippen LogP contribution in [0.4, 0.5) is 0 Å². The maximum absolute atomic E-state index is 12.2. The van der Waals surface area contributed by atoms with Gasteiger partial charge in [-0.3, -0.25) is 4.79 Å². The van der Waals surface area contributed by atoms with Gasteiger partial charge in [0.2, 0.25) is 5.91 Å². The third-order valence-electron chi connectivity index (χ3n) is 4.85. The second-order valence-electron chi connectivity index (χ2n) is 6.42. The molecule has 0 unspecified atom stereocenters. The van der Waals surface area contributed by atoms with Crippen molar-refractivity contribution in [2.24, 2.45) is 7.05 Å². The number of para-hydroxylation sites is 1. The van der Waals surface area contributed by atoms with Gasteiger partial charge in [-0.1, -0.05) is 31.0 Å². The maximum atomic E-state index is 12.2.